The van der Waals surface area contributed by atoms with Gasteiger partial charge in [0.15, 0.2) is 0 Å². The lowest BCUT2D eigenvalue weighted by atomic mass is 10.4. The van der Waals surface area contributed by atoms with Crippen molar-refractivity contribution in [2.75, 3.05) is 11.6 Å². The van der Waals surface area contributed by atoms with Gasteiger partial charge in [-0.15, -0.1) is 16.7 Å². The first-order valence-electron chi connectivity index (χ1n) is 4.10. The first-order chi connectivity index (χ1) is 6.24. The Bertz CT molecular complexity index is 280. The minimum absolute atomic E-state index is 0.686. The number of aryl methyl sites for hydroxylation is 2. The second-order valence-corrected chi connectivity index (χ2v) is 4.10. The minimum Gasteiger partial charge on any atom is -0.225 e. The molecule has 0 fully saturated rings. The van der Waals surface area contributed by atoms with Crippen LogP contribution in [-0.2, 0) is 0 Å². The largest absolute Gasteiger partial charge is 0.225 e. The molecule has 0 saturated carbocycles. The SMILES string of the molecule is Cc1nnc(SCCCCl)nc1C. The Morgan fingerprint density at radius 1 is 1.23 bits per heavy atom. The van der Waals surface area contributed by atoms with E-state index in [0.717, 1.165) is 28.7 Å². The second-order valence-electron chi connectivity index (χ2n) is 2.66. The van der Waals surface area contributed by atoms with Crippen molar-refractivity contribution >= 4 is 23.4 Å². The van der Waals surface area contributed by atoms with Crippen molar-refractivity contribution in [2.45, 2.75) is 25.4 Å². The maximum atomic E-state index is 5.55. The van der Waals surface area contributed by atoms with Crippen LogP contribution in [0.1, 0.15) is 17.8 Å². The standard InChI is InChI=1S/C8H12ClN3S/c1-6-7(2)11-12-8(10-6)13-5-3-4-9/h3-5H2,1-2H3. The van der Waals surface area contributed by atoms with E-state index in [0.29, 0.717) is 5.88 Å². The third-order valence-electron chi connectivity index (χ3n) is 1.58. The number of rotatable bonds is 4. The molecule has 0 N–H and O–H groups in total. The van der Waals surface area contributed by atoms with Crippen LogP contribution in [0.4, 0.5) is 0 Å². The quantitative estimate of drug-likeness (QED) is 0.441. The molecule has 0 aromatic carbocycles. The van der Waals surface area contributed by atoms with Crippen LogP contribution in [0.3, 0.4) is 0 Å². The predicted molar refractivity (Wildman–Crippen MR) is 55.4 cm³/mol. The highest BCUT2D eigenvalue weighted by Gasteiger charge is 2.01. The smallest absolute Gasteiger partial charge is 0.209 e. The van der Waals surface area contributed by atoms with Crippen molar-refractivity contribution in [1.29, 1.82) is 0 Å². The maximum Gasteiger partial charge on any atom is 0.209 e. The first kappa shape index (κ1) is 10.7. The number of nitrogens with zero attached hydrogens (tertiary/aromatic N) is 3. The van der Waals surface area contributed by atoms with Crippen molar-refractivity contribution < 1.29 is 0 Å². The molecule has 1 rings (SSSR count). The zero-order valence-electron chi connectivity index (χ0n) is 7.75. The van der Waals surface area contributed by atoms with Gasteiger partial charge in [-0.25, -0.2) is 4.98 Å². The summed E-state index contributed by atoms with van der Waals surface area (Å²) in [5.41, 5.74) is 1.84. The summed E-state index contributed by atoms with van der Waals surface area (Å²) in [7, 11) is 0. The van der Waals surface area contributed by atoms with E-state index in [1.165, 1.54) is 0 Å². The summed E-state index contributed by atoms with van der Waals surface area (Å²) in [4.78, 5) is 4.29. The number of alkyl halides is 1. The molecule has 1 heterocycles. The maximum absolute atomic E-state index is 5.55. The summed E-state index contributed by atoms with van der Waals surface area (Å²) in [5.74, 6) is 1.64. The van der Waals surface area contributed by atoms with Gasteiger partial charge in [0.25, 0.3) is 0 Å². The van der Waals surface area contributed by atoms with E-state index >= 15 is 0 Å². The normalized spacial score (nSPS) is 10.4. The molecule has 5 heteroatoms. The predicted octanol–water partition coefficient (Wildman–Crippen LogP) is 2.21. The highest BCUT2D eigenvalue weighted by atomic mass is 35.5. The molecule has 1 aromatic rings. The molecule has 0 spiro atoms. The van der Waals surface area contributed by atoms with Gasteiger partial charge in [-0.2, -0.15) is 5.10 Å². The van der Waals surface area contributed by atoms with Gasteiger partial charge >= 0.3 is 0 Å². The van der Waals surface area contributed by atoms with Crippen LogP contribution in [0.2, 0.25) is 0 Å². The molecule has 0 aliphatic carbocycles. The van der Waals surface area contributed by atoms with Gasteiger partial charge in [0.2, 0.25) is 5.16 Å². The van der Waals surface area contributed by atoms with Gasteiger partial charge in [0.05, 0.1) is 11.4 Å². The average Bonchev–Trinajstić information content (AvgIpc) is 2.12. The van der Waals surface area contributed by atoms with E-state index in [2.05, 4.69) is 15.2 Å². The summed E-state index contributed by atoms with van der Waals surface area (Å²) >= 11 is 7.15. The zero-order valence-corrected chi connectivity index (χ0v) is 9.32. The van der Waals surface area contributed by atoms with Crippen LogP contribution in [0.25, 0.3) is 0 Å². The van der Waals surface area contributed by atoms with Crippen molar-refractivity contribution in [3.05, 3.63) is 11.4 Å². The van der Waals surface area contributed by atoms with Gasteiger partial charge in [-0.3, -0.25) is 0 Å². The lowest BCUT2D eigenvalue weighted by Crippen LogP contribution is -1.98. The van der Waals surface area contributed by atoms with Crippen molar-refractivity contribution in [2.24, 2.45) is 0 Å². The van der Waals surface area contributed by atoms with Crippen molar-refractivity contribution in [3.8, 4) is 0 Å². The fraction of sp³-hybridized carbons (Fsp3) is 0.625. The van der Waals surface area contributed by atoms with E-state index < -0.39 is 0 Å². The molecule has 0 radical (unpaired) electrons. The Morgan fingerprint density at radius 2 is 2.00 bits per heavy atom. The summed E-state index contributed by atoms with van der Waals surface area (Å²) in [5, 5.41) is 8.70. The van der Waals surface area contributed by atoms with E-state index in [1.54, 1.807) is 11.8 Å². The summed E-state index contributed by atoms with van der Waals surface area (Å²) in [6.07, 6.45) is 0.975. The van der Waals surface area contributed by atoms with E-state index in [-0.39, 0.29) is 0 Å². The molecular formula is C8H12ClN3S. The summed E-state index contributed by atoms with van der Waals surface area (Å²) in [6.45, 7) is 3.85. The molecule has 1 aromatic heterocycles. The average molecular weight is 218 g/mol. The highest BCUT2D eigenvalue weighted by Crippen LogP contribution is 2.13. The third kappa shape index (κ3) is 3.48. The number of thioether (sulfide) groups is 1. The Kier molecular flexibility index (Phi) is 4.45. The van der Waals surface area contributed by atoms with Crippen LogP contribution < -0.4 is 0 Å². The van der Waals surface area contributed by atoms with Gasteiger partial charge in [-0.1, -0.05) is 11.8 Å². The summed E-state index contributed by atoms with van der Waals surface area (Å²) in [6, 6.07) is 0. The van der Waals surface area contributed by atoms with Crippen molar-refractivity contribution in [3.63, 3.8) is 0 Å². The van der Waals surface area contributed by atoms with Crippen LogP contribution in [-0.4, -0.2) is 26.8 Å². The van der Waals surface area contributed by atoms with Gasteiger partial charge in [0.1, 0.15) is 0 Å². The number of aromatic nitrogens is 3. The van der Waals surface area contributed by atoms with Crippen LogP contribution >= 0.6 is 23.4 Å². The molecule has 0 bridgehead atoms. The monoisotopic (exact) mass is 217 g/mol. The third-order valence-corrected chi connectivity index (χ3v) is 2.77. The molecule has 0 saturated heterocycles. The molecule has 0 unspecified atom stereocenters. The fourth-order valence-electron chi connectivity index (χ4n) is 0.716. The first-order valence-corrected chi connectivity index (χ1v) is 5.62. The Balaban J connectivity index is 2.53. The van der Waals surface area contributed by atoms with Crippen molar-refractivity contribution in [1.82, 2.24) is 15.2 Å². The topological polar surface area (TPSA) is 38.7 Å². The van der Waals surface area contributed by atoms with Gasteiger partial charge in [-0.05, 0) is 20.3 Å². The van der Waals surface area contributed by atoms with Crippen LogP contribution in [0, 0.1) is 13.8 Å². The van der Waals surface area contributed by atoms with E-state index in [4.69, 9.17) is 11.6 Å². The number of hydrogen-bond acceptors (Lipinski definition) is 4. The summed E-state index contributed by atoms with van der Waals surface area (Å²) < 4.78 is 0. The van der Waals surface area contributed by atoms with Gasteiger partial charge < -0.3 is 0 Å². The molecular weight excluding hydrogens is 206 g/mol. The minimum atomic E-state index is 0.686. The molecule has 0 aliphatic heterocycles. The fourth-order valence-corrected chi connectivity index (χ4v) is 1.78. The Morgan fingerprint density at radius 3 is 2.62 bits per heavy atom. The lowest BCUT2D eigenvalue weighted by molar-refractivity contribution is 0.788. The highest BCUT2D eigenvalue weighted by molar-refractivity contribution is 7.99. The Hall–Kier alpha value is -0.350. The van der Waals surface area contributed by atoms with Gasteiger partial charge in [0, 0.05) is 11.6 Å². The molecule has 3 nitrogen and oxygen atoms in total. The van der Waals surface area contributed by atoms with E-state index in [1.807, 2.05) is 13.8 Å². The second kappa shape index (κ2) is 5.40. The number of hydrogen-bond donors (Lipinski definition) is 0. The molecule has 13 heavy (non-hydrogen) atoms. The molecule has 72 valence electrons. The lowest BCUT2D eigenvalue weighted by Gasteiger charge is -2.00. The molecule has 0 atom stereocenters. The van der Waals surface area contributed by atoms with Crippen LogP contribution in [0.5, 0.6) is 0 Å². The zero-order chi connectivity index (χ0) is 9.68. The number of halogens is 1. The molecule has 0 aliphatic rings. The Labute approximate surface area is 87.3 Å². The van der Waals surface area contributed by atoms with E-state index in [9.17, 15) is 0 Å². The van der Waals surface area contributed by atoms with Crippen LogP contribution in [0.15, 0.2) is 5.16 Å². The molecule has 0 amide bonds.